The minimum atomic E-state index is -0.0278. The number of nitrogens with one attached hydrogen (secondary N) is 1. The van der Waals surface area contributed by atoms with E-state index >= 15 is 0 Å². The number of nitrogens with zero attached hydrogens (tertiary/aromatic N) is 2. The number of anilines is 2. The average Bonchev–Trinajstić information content (AvgIpc) is 2.76. The van der Waals surface area contributed by atoms with Crippen molar-refractivity contribution in [3.63, 3.8) is 0 Å². The highest BCUT2D eigenvalue weighted by atomic mass is 16.1. The van der Waals surface area contributed by atoms with Crippen molar-refractivity contribution in [3.05, 3.63) is 24.3 Å². The molecule has 1 aromatic rings. The van der Waals surface area contributed by atoms with Crippen molar-refractivity contribution >= 4 is 17.3 Å². The average molecular weight is 261 g/mol. The van der Waals surface area contributed by atoms with Crippen LogP contribution in [0.15, 0.2) is 24.3 Å². The second-order valence-electron chi connectivity index (χ2n) is 5.59. The molecule has 0 saturated carbocycles. The van der Waals surface area contributed by atoms with Crippen LogP contribution in [0.25, 0.3) is 0 Å². The number of carbonyl (C=O) groups is 1. The van der Waals surface area contributed by atoms with E-state index in [0.29, 0.717) is 0 Å². The third-order valence-electron chi connectivity index (χ3n) is 3.46. The van der Waals surface area contributed by atoms with Gasteiger partial charge in [0, 0.05) is 37.9 Å². The minimum absolute atomic E-state index is 0.0278. The fourth-order valence-electron chi connectivity index (χ4n) is 2.69. The molecule has 4 nitrogen and oxygen atoms in total. The first-order valence-corrected chi connectivity index (χ1v) is 6.82. The molecule has 1 fully saturated rings. The lowest BCUT2D eigenvalue weighted by Crippen LogP contribution is -2.25. The molecule has 1 N–H and O–H groups in total. The Kier molecular flexibility index (Phi) is 4.43. The second-order valence-corrected chi connectivity index (χ2v) is 5.59. The maximum Gasteiger partial charge on any atom is 0.221 e. The number of benzene rings is 1. The van der Waals surface area contributed by atoms with E-state index in [1.54, 1.807) is 0 Å². The number of hydrogen-bond acceptors (Lipinski definition) is 3. The molecule has 1 aromatic carbocycles. The van der Waals surface area contributed by atoms with Gasteiger partial charge in [0.1, 0.15) is 0 Å². The quantitative estimate of drug-likeness (QED) is 0.901. The molecule has 2 rings (SSSR count). The van der Waals surface area contributed by atoms with Crippen LogP contribution in [-0.4, -0.2) is 44.5 Å². The molecule has 1 aliphatic heterocycles. The fourth-order valence-corrected chi connectivity index (χ4v) is 2.69. The summed E-state index contributed by atoms with van der Waals surface area (Å²) >= 11 is 0. The zero-order valence-electron chi connectivity index (χ0n) is 12.0. The van der Waals surface area contributed by atoms with E-state index < -0.39 is 0 Å². The van der Waals surface area contributed by atoms with Gasteiger partial charge in [0.15, 0.2) is 0 Å². The summed E-state index contributed by atoms with van der Waals surface area (Å²) in [6.07, 6.45) is 1.26. The van der Waals surface area contributed by atoms with E-state index in [2.05, 4.69) is 41.3 Å². The Labute approximate surface area is 115 Å². The first-order chi connectivity index (χ1) is 9.04. The van der Waals surface area contributed by atoms with Crippen LogP contribution in [0.2, 0.25) is 0 Å². The lowest BCUT2D eigenvalue weighted by Gasteiger charge is -2.20. The zero-order chi connectivity index (χ0) is 13.8. The van der Waals surface area contributed by atoms with Crippen molar-refractivity contribution < 1.29 is 4.79 Å². The Hall–Kier alpha value is -1.55. The third-order valence-corrected chi connectivity index (χ3v) is 3.46. The Morgan fingerprint density at radius 3 is 2.63 bits per heavy atom. The van der Waals surface area contributed by atoms with Gasteiger partial charge in [-0.2, -0.15) is 0 Å². The molecule has 1 saturated heterocycles. The van der Waals surface area contributed by atoms with E-state index in [1.165, 1.54) is 19.0 Å². The standard InChI is InChI=1S/C15H23N3O/c1-12(19)16-14-4-6-15(7-5-14)18-9-8-13(11-18)10-17(2)3/h4-7,13H,8-11H2,1-3H3,(H,16,19). The highest BCUT2D eigenvalue weighted by molar-refractivity contribution is 5.88. The summed E-state index contributed by atoms with van der Waals surface area (Å²) in [5, 5.41) is 2.79. The van der Waals surface area contributed by atoms with Crippen molar-refractivity contribution in [2.75, 3.05) is 43.9 Å². The van der Waals surface area contributed by atoms with Crippen molar-refractivity contribution in [1.82, 2.24) is 4.90 Å². The highest BCUT2D eigenvalue weighted by Gasteiger charge is 2.22. The molecule has 1 atom stereocenters. The van der Waals surface area contributed by atoms with Gasteiger partial charge in [0.25, 0.3) is 0 Å². The van der Waals surface area contributed by atoms with Crippen LogP contribution in [-0.2, 0) is 4.79 Å². The minimum Gasteiger partial charge on any atom is -0.371 e. The number of rotatable bonds is 4. The summed E-state index contributed by atoms with van der Waals surface area (Å²) < 4.78 is 0. The van der Waals surface area contributed by atoms with E-state index in [0.717, 1.165) is 31.2 Å². The first kappa shape index (κ1) is 13.9. The summed E-state index contributed by atoms with van der Waals surface area (Å²) in [7, 11) is 4.26. The maximum atomic E-state index is 11.0. The normalized spacial score (nSPS) is 18.9. The van der Waals surface area contributed by atoms with Crippen LogP contribution in [0.4, 0.5) is 11.4 Å². The van der Waals surface area contributed by atoms with Crippen LogP contribution in [0.1, 0.15) is 13.3 Å². The van der Waals surface area contributed by atoms with Gasteiger partial charge in [-0.15, -0.1) is 0 Å². The van der Waals surface area contributed by atoms with Crippen molar-refractivity contribution in [2.45, 2.75) is 13.3 Å². The second kappa shape index (κ2) is 6.06. The summed E-state index contributed by atoms with van der Waals surface area (Å²) in [5.41, 5.74) is 2.11. The lowest BCUT2D eigenvalue weighted by atomic mass is 10.1. The van der Waals surface area contributed by atoms with Crippen LogP contribution < -0.4 is 10.2 Å². The Morgan fingerprint density at radius 1 is 1.37 bits per heavy atom. The maximum absolute atomic E-state index is 11.0. The predicted molar refractivity (Wildman–Crippen MR) is 79.6 cm³/mol. The van der Waals surface area contributed by atoms with Gasteiger partial charge in [-0.05, 0) is 50.7 Å². The molecule has 1 unspecified atom stereocenters. The Morgan fingerprint density at radius 2 is 2.05 bits per heavy atom. The summed E-state index contributed by atoms with van der Waals surface area (Å²) in [4.78, 5) is 15.7. The van der Waals surface area contributed by atoms with Crippen LogP contribution in [0, 0.1) is 5.92 Å². The van der Waals surface area contributed by atoms with Crippen LogP contribution >= 0.6 is 0 Å². The van der Waals surface area contributed by atoms with E-state index in [-0.39, 0.29) is 5.91 Å². The molecular weight excluding hydrogens is 238 g/mol. The molecule has 0 bridgehead atoms. The lowest BCUT2D eigenvalue weighted by molar-refractivity contribution is -0.114. The summed E-state index contributed by atoms with van der Waals surface area (Å²) in [5.74, 6) is 0.727. The first-order valence-electron chi connectivity index (χ1n) is 6.82. The SMILES string of the molecule is CC(=O)Nc1ccc(N2CCC(CN(C)C)C2)cc1. The predicted octanol–water partition coefficient (Wildman–Crippen LogP) is 2.03. The third kappa shape index (κ3) is 3.96. The molecule has 0 spiro atoms. The van der Waals surface area contributed by atoms with Crippen molar-refractivity contribution in [3.8, 4) is 0 Å². The van der Waals surface area contributed by atoms with Gasteiger partial charge in [0.2, 0.25) is 5.91 Å². The molecular formula is C15H23N3O. The van der Waals surface area contributed by atoms with E-state index in [4.69, 9.17) is 0 Å². The van der Waals surface area contributed by atoms with Gasteiger partial charge in [0.05, 0.1) is 0 Å². The van der Waals surface area contributed by atoms with Gasteiger partial charge in [-0.3, -0.25) is 4.79 Å². The van der Waals surface area contributed by atoms with Crippen molar-refractivity contribution in [2.24, 2.45) is 5.92 Å². The molecule has 104 valence electrons. The summed E-state index contributed by atoms with van der Waals surface area (Å²) in [6, 6.07) is 8.11. The van der Waals surface area contributed by atoms with Gasteiger partial charge in [-0.25, -0.2) is 0 Å². The number of carbonyl (C=O) groups excluding carboxylic acids is 1. The number of amides is 1. The molecule has 1 aliphatic rings. The summed E-state index contributed by atoms with van der Waals surface area (Å²) in [6.45, 7) is 4.93. The molecule has 1 amide bonds. The monoisotopic (exact) mass is 261 g/mol. The van der Waals surface area contributed by atoms with Gasteiger partial charge < -0.3 is 15.1 Å². The molecule has 0 aliphatic carbocycles. The highest BCUT2D eigenvalue weighted by Crippen LogP contribution is 2.25. The van der Waals surface area contributed by atoms with E-state index in [1.807, 2.05) is 12.1 Å². The van der Waals surface area contributed by atoms with Gasteiger partial charge >= 0.3 is 0 Å². The van der Waals surface area contributed by atoms with Crippen molar-refractivity contribution in [1.29, 1.82) is 0 Å². The van der Waals surface area contributed by atoms with Crippen LogP contribution in [0.5, 0.6) is 0 Å². The van der Waals surface area contributed by atoms with Gasteiger partial charge in [-0.1, -0.05) is 0 Å². The zero-order valence-corrected chi connectivity index (χ0v) is 12.0. The topological polar surface area (TPSA) is 35.6 Å². The Balaban J connectivity index is 1.94. The largest absolute Gasteiger partial charge is 0.371 e. The molecule has 4 heteroatoms. The number of hydrogen-bond donors (Lipinski definition) is 1. The smallest absolute Gasteiger partial charge is 0.221 e. The van der Waals surface area contributed by atoms with E-state index in [9.17, 15) is 4.79 Å². The molecule has 1 heterocycles. The Bertz CT molecular complexity index is 428. The fraction of sp³-hybridized carbons (Fsp3) is 0.533. The van der Waals surface area contributed by atoms with Crippen LogP contribution in [0.3, 0.4) is 0 Å². The molecule has 19 heavy (non-hydrogen) atoms. The molecule has 0 radical (unpaired) electrons. The molecule has 0 aromatic heterocycles.